The van der Waals surface area contributed by atoms with Crippen molar-refractivity contribution in [1.29, 1.82) is 0 Å². The summed E-state index contributed by atoms with van der Waals surface area (Å²) in [6.45, 7) is 4.15. The molecule has 37 heavy (non-hydrogen) atoms. The third-order valence-electron chi connectivity index (χ3n) is 6.76. The number of pyridine rings is 1. The highest BCUT2D eigenvalue weighted by molar-refractivity contribution is 6.29. The van der Waals surface area contributed by atoms with E-state index in [0.717, 1.165) is 31.5 Å². The van der Waals surface area contributed by atoms with E-state index < -0.39 is 0 Å². The molecule has 3 aromatic rings. The van der Waals surface area contributed by atoms with Crippen LogP contribution in [0.1, 0.15) is 12.8 Å². The van der Waals surface area contributed by atoms with Gasteiger partial charge in [0.15, 0.2) is 5.82 Å². The van der Waals surface area contributed by atoms with E-state index in [2.05, 4.69) is 25.4 Å². The van der Waals surface area contributed by atoms with Crippen molar-refractivity contribution in [3.05, 3.63) is 47.7 Å². The van der Waals surface area contributed by atoms with Gasteiger partial charge in [-0.25, -0.2) is 9.78 Å². The number of aromatic nitrogens is 4. The van der Waals surface area contributed by atoms with Crippen molar-refractivity contribution < 1.29 is 14.3 Å². The fraction of sp³-hybridized carbons (Fsp3) is 0.400. The van der Waals surface area contributed by atoms with Gasteiger partial charge >= 0.3 is 6.03 Å². The summed E-state index contributed by atoms with van der Waals surface area (Å²) < 4.78 is 11.3. The number of anilines is 4. The molecule has 3 aliphatic heterocycles. The number of halogens is 1. The van der Waals surface area contributed by atoms with Crippen molar-refractivity contribution in [1.82, 2.24) is 19.9 Å². The molecule has 3 fully saturated rings. The van der Waals surface area contributed by atoms with Crippen LogP contribution < -0.4 is 20.4 Å². The Hall–Kier alpha value is -3.54. The molecule has 12 heteroatoms. The maximum atomic E-state index is 12.4. The van der Waals surface area contributed by atoms with Gasteiger partial charge < -0.3 is 29.9 Å². The normalized spacial score (nSPS) is 21.1. The lowest BCUT2D eigenvalue weighted by molar-refractivity contribution is 0.0897. The van der Waals surface area contributed by atoms with Gasteiger partial charge in [-0.1, -0.05) is 11.6 Å². The molecule has 1 aromatic carbocycles. The van der Waals surface area contributed by atoms with Gasteiger partial charge in [0.25, 0.3) is 0 Å². The number of morpholine rings is 2. The third-order valence-corrected chi connectivity index (χ3v) is 6.97. The number of amides is 2. The van der Waals surface area contributed by atoms with Crippen LogP contribution in [0.15, 0.2) is 42.6 Å². The van der Waals surface area contributed by atoms with Gasteiger partial charge in [-0.3, -0.25) is 0 Å². The summed E-state index contributed by atoms with van der Waals surface area (Å²) in [5.74, 6) is 1.95. The molecule has 5 heterocycles. The SMILES string of the molecule is O=C(Nc1ccc(-c2nc(N3CCOCC3)nc(N3C4CCC3COC4)n2)cc1)Nc1ccnc(Cl)c1. The number of urea groups is 1. The molecular formula is C25H27ClN8O3. The Bertz CT molecular complexity index is 1260. The zero-order valence-electron chi connectivity index (χ0n) is 20.1. The second kappa shape index (κ2) is 10.4. The maximum absolute atomic E-state index is 12.4. The number of carbonyl (C=O) groups is 1. The van der Waals surface area contributed by atoms with Crippen molar-refractivity contribution >= 4 is 40.9 Å². The van der Waals surface area contributed by atoms with Crippen LogP contribution in [0.3, 0.4) is 0 Å². The molecule has 0 radical (unpaired) electrons. The third kappa shape index (κ3) is 5.29. The summed E-state index contributed by atoms with van der Waals surface area (Å²) in [7, 11) is 0. The van der Waals surface area contributed by atoms with E-state index in [1.807, 2.05) is 24.3 Å². The predicted octanol–water partition coefficient (Wildman–Crippen LogP) is 3.44. The number of hydrogen-bond acceptors (Lipinski definition) is 9. The van der Waals surface area contributed by atoms with Crippen LogP contribution in [-0.4, -0.2) is 77.6 Å². The van der Waals surface area contributed by atoms with Crippen LogP contribution in [0.2, 0.25) is 5.15 Å². The summed E-state index contributed by atoms with van der Waals surface area (Å²) in [5.41, 5.74) is 2.03. The van der Waals surface area contributed by atoms with Crippen LogP contribution in [0.4, 0.5) is 28.1 Å². The van der Waals surface area contributed by atoms with Crippen molar-refractivity contribution in [2.24, 2.45) is 0 Å². The predicted molar refractivity (Wildman–Crippen MR) is 140 cm³/mol. The number of nitrogens with one attached hydrogen (secondary N) is 2. The first kappa shape index (κ1) is 23.8. The highest BCUT2D eigenvalue weighted by Crippen LogP contribution is 2.34. The fourth-order valence-electron chi connectivity index (χ4n) is 4.93. The standard InChI is InChI=1S/C25H27ClN8O3/c26-21-13-18(7-8-27-21)29-25(35)28-17-3-1-16(2-4-17)22-30-23(33-9-11-36-12-10-33)32-24(31-22)34-19-5-6-20(34)15-37-14-19/h1-4,7-8,13,19-20H,5-6,9-12,14-15H2,(H2,27,28,29,35). The number of nitrogens with zero attached hydrogens (tertiary/aromatic N) is 6. The molecule has 3 saturated heterocycles. The number of benzene rings is 1. The number of carbonyl (C=O) groups excluding carboxylic acids is 1. The lowest BCUT2D eigenvalue weighted by Crippen LogP contribution is -2.47. The summed E-state index contributed by atoms with van der Waals surface area (Å²) in [6, 6.07) is 10.9. The van der Waals surface area contributed by atoms with Crippen molar-refractivity contribution in [3.8, 4) is 11.4 Å². The molecule has 2 N–H and O–H groups in total. The number of ether oxygens (including phenoxy) is 2. The molecule has 192 valence electrons. The topological polar surface area (TPSA) is 118 Å². The van der Waals surface area contributed by atoms with Gasteiger partial charge in [-0.05, 0) is 49.2 Å². The largest absolute Gasteiger partial charge is 0.378 e. The second-order valence-electron chi connectivity index (χ2n) is 9.21. The van der Waals surface area contributed by atoms with Crippen LogP contribution in [0.25, 0.3) is 11.4 Å². The van der Waals surface area contributed by atoms with Gasteiger partial charge in [-0.15, -0.1) is 0 Å². The quantitative estimate of drug-likeness (QED) is 0.486. The average Bonchev–Trinajstić information content (AvgIpc) is 3.17. The van der Waals surface area contributed by atoms with E-state index in [1.165, 1.54) is 6.20 Å². The molecule has 2 unspecified atom stereocenters. The first-order chi connectivity index (χ1) is 18.1. The number of fused-ring (bicyclic) bond motifs is 2. The number of hydrogen-bond donors (Lipinski definition) is 2. The molecule has 2 amide bonds. The summed E-state index contributed by atoms with van der Waals surface area (Å²) >= 11 is 5.89. The van der Waals surface area contributed by atoms with Gasteiger partial charge in [0, 0.05) is 36.2 Å². The average molecular weight is 523 g/mol. The molecule has 0 aliphatic carbocycles. The molecule has 2 bridgehead atoms. The van der Waals surface area contributed by atoms with Crippen LogP contribution in [0.5, 0.6) is 0 Å². The highest BCUT2D eigenvalue weighted by atomic mass is 35.5. The van der Waals surface area contributed by atoms with Crippen molar-refractivity contribution in [2.45, 2.75) is 24.9 Å². The molecule has 3 aliphatic rings. The molecular weight excluding hydrogens is 496 g/mol. The van der Waals surface area contributed by atoms with Gasteiger partial charge in [-0.2, -0.15) is 15.0 Å². The van der Waals surface area contributed by atoms with E-state index in [1.54, 1.807) is 12.1 Å². The first-order valence-electron chi connectivity index (χ1n) is 12.4. The summed E-state index contributed by atoms with van der Waals surface area (Å²) in [4.78, 5) is 35.4. The summed E-state index contributed by atoms with van der Waals surface area (Å²) in [5, 5.41) is 5.87. The van der Waals surface area contributed by atoms with E-state index in [4.69, 9.17) is 36.0 Å². The van der Waals surface area contributed by atoms with Gasteiger partial charge in [0.2, 0.25) is 11.9 Å². The van der Waals surface area contributed by atoms with E-state index in [-0.39, 0.29) is 18.1 Å². The molecule has 11 nitrogen and oxygen atoms in total. The van der Waals surface area contributed by atoms with Gasteiger partial charge in [0.1, 0.15) is 5.15 Å². The van der Waals surface area contributed by atoms with E-state index >= 15 is 0 Å². The molecule has 2 atom stereocenters. The molecule has 2 aromatic heterocycles. The Morgan fingerprint density at radius 1 is 0.892 bits per heavy atom. The Morgan fingerprint density at radius 3 is 2.32 bits per heavy atom. The monoisotopic (exact) mass is 522 g/mol. The maximum Gasteiger partial charge on any atom is 0.323 e. The Labute approximate surface area is 219 Å². The van der Waals surface area contributed by atoms with Crippen LogP contribution >= 0.6 is 11.6 Å². The summed E-state index contributed by atoms with van der Waals surface area (Å²) in [6.07, 6.45) is 3.68. The lowest BCUT2D eigenvalue weighted by atomic mass is 10.2. The smallest absolute Gasteiger partial charge is 0.323 e. The van der Waals surface area contributed by atoms with Crippen LogP contribution in [0, 0.1) is 0 Å². The van der Waals surface area contributed by atoms with E-state index in [0.29, 0.717) is 60.7 Å². The first-order valence-corrected chi connectivity index (χ1v) is 12.7. The van der Waals surface area contributed by atoms with Crippen LogP contribution in [-0.2, 0) is 9.47 Å². The highest BCUT2D eigenvalue weighted by Gasteiger charge is 2.39. The van der Waals surface area contributed by atoms with E-state index in [9.17, 15) is 4.79 Å². The van der Waals surface area contributed by atoms with Crippen molar-refractivity contribution in [2.75, 3.05) is 60.0 Å². The fourth-order valence-corrected chi connectivity index (χ4v) is 5.11. The lowest BCUT2D eigenvalue weighted by Gasteiger charge is -2.35. The van der Waals surface area contributed by atoms with Crippen molar-refractivity contribution in [3.63, 3.8) is 0 Å². The Morgan fingerprint density at radius 2 is 1.59 bits per heavy atom. The minimum Gasteiger partial charge on any atom is -0.378 e. The zero-order chi connectivity index (χ0) is 25.2. The zero-order valence-corrected chi connectivity index (χ0v) is 20.9. The molecule has 0 saturated carbocycles. The number of rotatable bonds is 5. The molecule has 6 rings (SSSR count). The van der Waals surface area contributed by atoms with Gasteiger partial charge in [0.05, 0.1) is 38.5 Å². The Kier molecular flexibility index (Phi) is 6.73. The minimum atomic E-state index is -0.380. The minimum absolute atomic E-state index is 0.284. The second-order valence-corrected chi connectivity index (χ2v) is 9.60. The molecule has 0 spiro atoms. The Balaban J connectivity index is 1.24.